The molecule has 0 aliphatic rings. The molecule has 1 heterocycles. The zero-order valence-corrected chi connectivity index (χ0v) is 15.9. The van der Waals surface area contributed by atoms with Crippen molar-refractivity contribution in [3.63, 3.8) is 0 Å². The van der Waals surface area contributed by atoms with Crippen molar-refractivity contribution in [3.05, 3.63) is 89.0 Å². The van der Waals surface area contributed by atoms with Gasteiger partial charge in [0.05, 0.1) is 25.3 Å². The first-order chi connectivity index (χ1) is 14.1. The van der Waals surface area contributed by atoms with Crippen LogP contribution in [-0.4, -0.2) is 17.6 Å². The van der Waals surface area contributed by atoms with Gasteiger partial charge in [0.15, 0.2) is 5.69 Å². The second kappa shape index (κ2) is 9.47. The van der Waals surface area contributed by atoms with E-state index in [2.05, 4.69) is 9.83 Å². The van der Waals surface area contributed by atoms with Crippen LogP contribution >= 0.6 is 0 Å². The van der Waals surface area contributed by atoms with Crippen LogP contribution in [0.1, 0.15) is 18.1 Å². The Kier molecular flexibility index (Phi) is 6.54. The summed E-state index contributed by atoms with van der Waals surface area (Å²) in [4.78, 5) is 19.2. The number of rotatable bonds is 7. The largest absolute Gasteiger partial charge is 0.473 e. The molecule has 29 heavy (non-hydrogen) atoms. The molecule has 0 bridgehead atoms. The van der Waals surface area contributed by atoms with E-state index in [1.165, 1.54) is 12.1 Å². The number of nitrogens with zero attached hydrogens (tertiary/aromatic N) is 2. The van der Waals surface area contributed by atoms with Crippen LogP contribution < -0.4 is 4.74 Å². The zero-order valence-electron chi connectivity index (χ0n) is 15.9. The van der Waals surface area contributed by atoms with Gasteiger partial charge in [-0.15, -0.1) is 0 Å². The van der Waals surface area contributed by atoms with E-state index in [0.717, 1.165) is 11.1 Å². The lowest BCUT2D eigenvalue weighted by molar-refractivity contribution is -0.142. The highest BCUT2D eigenvalue weighted by atomic mass is 19.1. The van der Waals surface area contributed by atoms with Crippen molar-refractivity contribution in [3.8, 4) is 17.1 Å². The fourth-order valence-corrected chi connectivity index (χ4v) is 2.70. The molecule has 6 heteroatoms. The molecule has 0 spiro atoms. The summed E-state index contributed by atoms with van der Waals surface area (Å²) in [7, 11) is 0. The van der Waals surface area contributed by atoms with Gasteiger partial charge in [-0.3, -0.25) is 4.79 Å². The first-order valence-corrected chi connectivity index (χ1v) is 9.09. The van der Waals surface area contributed by atoms with E-state index < -0.39 is 5.82 Å². The van der Waals surface area contributed by atoms with Crippen LogP contribution in [-0.2, 0) is 22.6 Å². The highest BCUT2D eigenvalue weighted by Crippen LogP contribution is 2.22. The molecule has 1 aromatic heterocycles. The molecule has 0 aliphatic carbocycles. The van der Waals surface area contributed by atoms with Crippen LogP contribution in [0.15, 0.2) is 60.7 Å². The average molecular weight is 390 g/mol. The highest BCUT2D eigenvalue weighted by molar-refractivity contribution is 5.73. The number of carbonyl (C=O) groups is 1. The molecule has 0 fully saturated rings. The topological polar surface area (TPSA) is 52.8 Å². The van der Waals surface area contributed by atoms with Gasteiger partial charge in [0.2, 0.25) is 5.88 Å². The molecule has 0 radical (unpaired) electrons. The van der Waals surface area contributed by atoms with Crippen molar-refractivity contribution in [2.45, 2.75) is 20.0 Å². The summed E-state index contributed by atoms with van der Waals surface area (Å²) in [5.41, 5.74) is 3.04. The first-order valence-electron chi connectivity index (χ1n) is 9.09. The van der Waals surface area contributed by atoms with Gasteiger partial charge in [-0.25, -0.2) is 14.2 Å². The number of hydrogen-bond donors (Lipinski definition) is 0. The molecule has 3 aromatic rings. The molecular weight excluding hydrogens is 371 g/mol. The minimum Gasteiger partial charge on any atom is -0.473 e. The maximum Gasteiger partial charge on any atom is 0.310 e. The minimum atomic E-state index is -0.480. The Bertz CT molecular complexity index is 1040. The smallest absolute Gasteiger partial charge is 0.310 e. The van der Waals surface area contributed by atoms with Gasteiger partial charge in [-0.05, 0) is 24.6 Å². The third kappa shape index (κ3) is 5.39. The lowest BCUT2D eigenvalue weighted by Crippen LogP contribution is -2.07. The minimum absolute atomic E-state index is 0.0129. The standard InChI is InChI=1S/C23H19FN2O3/c1-3-28-23(27)13-16-7-9-17(10-8-16)21-5-4-6-22(26-21)29-15-18-11-12-19(25-2)14-20(18)24/h4-12,14H,3,13,15H2,1H3. The van der Waals surface area contributed by atoms with Crippen molar-refractivity contribution in [2.75, 3.05) is 6.61 Å². The number of esters is 1. The molecule has 0 saturated heterocycles. The number of pyridine rings is 1. The molecule has 5 nitrogen and oxygen atoms in total. The Hall–Kier alpha value is -3.72. The van der Waals surface area contributed by atoms with Gasteiger partial charge in [0.25, 0.3) is 0 Å². The predicted octanol–water partition coefficient (Wildman–Crippen LogP) is 5.12. The number of benzene rings is 2. The molecule has 3 rings (SSSR count). The van der Waals surface area contributed by atoms with Crippen LogP contribution in [0, 0.1) is 12.4 Å². The van der Waals surface area contributed by atoms with Crippen LogP contribution in [0.3, 0.4) is 0 Å². The summed E-state index contributed by atoms with van der Waals surface area (Å²) in [6.07, 6.45) is 0.225. The van der Waals surface area contributed by atoms with E-state index in [-0.39, 0.29) is 24.7 Å². The van der Waals surface area contributed by atoms with Gasteiger partial charge in [-0.1, -0.05) is 42.5 Å². The second-order valence-electron chi connectivity index (χ2n) is 6.22. The Morgan fingerprint density at radius 3 is 2.62 bits per heavy atom. The van der Waals surface area contributed by atoms with E-state index in [9.17, 15) is 9.18 Å². The third-order valence-corrected chi connectivity index (χ3v) is 4.17. The summed E-state index contributed by atoms with van der Waals surface area (Å²) < 4.78 is 24.6. The van der Waals surface area contributed by atoms with E-state index in [1.807, 2.05) is 36.4 Å². The normalized spacial score (nSPS) is 10.2. The molecule has 0 amide bonds. The van der Waals surface area contributed by atoms with Crippen molar-refractivity contribution in [1.82, 2.24) is 4.98 Å². The number of ether oxygens (including phenoxy) is 2. The van der Waals surface area contributed by atoms with Gasteiger partial charge in [0, 0.05) is 17.2 Å². The average Bonchev–Trinajstić information content (AvgIpc) is 2.73. The quantitative estimate of drug-likeness (QED) is 0.415. The van der Waals surface area contributed by atoms with E-state index in [0.29, 0.717) is 23.7 Å². The Balaban J connectivity index is 1.68. The lowest BCUT2D eigenvalue weighted by atomic mass is 10.1. The van der Waals surface area contributed by atoms with Gasteiger partial charge < -0.3 is 9.47 Å². The fourth-order valence-electron chi connectivity index (χ4n) is 2.70. The molecule has 0 saturated carbocycles. The first kappa shape index (κ1) is 20.0. The third-order valence-electron chi connectivity index (χ3n) is 4.17. The van der Waals surface area contributed by atoms with Crippen molar-refractivity contribution in [1.29, 1.82) is 0 Å². The molecule has 146 valence electrons. The monoisotopic (exact) mass is 390 g/mol. The fraction of sp³-hybridized carbons (Fsp3) is 0.174. The Labute approximate surface area is 168 Å². The summed E-state index contributed by atoms with van der Waals surface area (Å²) >= 11 is 0. The molecule has 0 atom stereocenters. The van der Waals surface area contributed by atoms with Gasteiger partial charge >= 0.3 is 5.97 Å². The molecule has 0 unspecified atom stereocenters. The van der Waals surface area contributed by atoms with Crippen LogP contribution in [0.4, 0.5) is 10.1 Å². The maximum absolute atomic E-state index is 14.0. The molecule has 0 N–H and O–H groups in total. The Morgan fingerprint density at radius 2 is 1.93 bits per heavy atom. The highest BCUT2D eigenvalue weighted by Gasteiger charge is 2.08. The SMILES string of the molecule is [C-]#[N+]c1ccc(COc2cccc(-c3ccc(CC(=O)OCC)cc3)n2)c(F)c1. The van der Waals surface area contributed by atoms with Crippen LogP contribution in [0.2, 0.25) is 0 Å². The number of hydrogen-bond acceptors (Lipinski definition) is 4. The summed E-state index contributed by atoms with van der Waals surface area (Å²) in [6, 6.07) is 17.1. The number of carbonyl (C=O) groups excluding carboxylic acids is 1. The van der Waals surface area contributed by atoms with Gasteiger partial charge in [-0.2, -0.15) is 0 Å². The van der Waals surface area contributed by atoms with Crippen molar-refractivity contribution >= 4 is 11.7 Å². The van der Waals surface area contributed by atoms with Crippen molar-refractivity contribution in [2.24, 2.45) is 0 Å². The number of aromatic nitrogens is 1. The zero-order chi connectivity index (χ0) is 20.6. The lowest BCUT2D eigenvalue weighted by Gasteiger charge is -2.09. The molecule has 0 aliphatic heterocycles. The van der Waals surface area contributed by atoms with Crippen LogP contribution in [0.5, 0.6) is 5.88 Å². The molecule has 2 aromatic carbocycles. The van der Waals surface area contributed by atoms with Gasteiger partial charge in [0.1, 0.15) is 12.4 Å². The Morgan fingerprint density at radius 1 is 1.14 bits per heavy atom. The van der Waals surface area contributed by atoms with Crippen molar-refractivity contribution < 1.29 is 18.7 Å². The predicted molar refractivity (Wildman–Crippen MR) is 107 cm³/mol. The van der Waals surface area contributed by atoms with E-state index in [4.69, 9.17) is 16.0 Å². The number of halogens is 1. The summed E-state index contributed by atoms with van der Waals surface area (Å²) in [5, 5.41) is 0. The van der Waals surface area contributed by atoms with Crippen LogP contribution in [0.25, 0.3) is 16.1 Å². The summed E-state index contributed by atoms with van der Waals surface area (Å²) in [6.45, 7) is 9.06. The van der Waals surface area contributed by atoms with E-state index >= 15 is 0 Å². The summed E-state index contributed by atoms with van der Waals surface area (Å²) in [5.74, 6) is -0.371. The molecular formula is C23H19FN2O3. The maximum atomic E-state index is 14.0. The van der Waals surface area contributed by atoms with E-state index in [1.54, 1.807) is 19.1 Å². The second-order valence-corrected chi connectivity index (χ2v) is 6.22.